The largest absolute Gasteiger partial charge is 0.377 e. The highest BCUT2D eigenvalue weighted by Crippen LogP contribution is 2.37. The van der Waals surface area contributed by atoms with E-state index in [1.165, 1.54) is 25.7 Å². The van der Waals surface area contributed by atoms with E-state index in [-0.39, 0.29) is 6.04 Å². The number of ether oxygens (including phenoxy) is 1. The van der Waals surface area contributed by atoms with Crippen LogP contribution in [-0.2, 0) is 17.9 Å². The predicted molar refractivity (Wildman–Crippen MR) is 87.1 cm³/mol. The number of nitrogens with zero attached hydrogens (tertiary/aromatic N) is 6. The number of hydrogen-bond acceptors (Lipinski definition) is 6. The van der Waals surface area contributed by atoms with Gasteiger partial charge < -0.3 is 9.30 Å². The normalized spacial score (nSPS) is 22.2. The zero-order chi connectivity index (χ0) is 16.5. The summed E-state index contributed by atoms with van der Waals surface area (Å²) in [5.74, 6) is 3.77. The Bertz CT molecular complexity index is 690. The van der Waals surface area contributed by atoms with Crippen molar-refractivity contribution >= 4 is 0 Å². The van der Waals surface area contributed by atoms with Crippen molar-refractivity contribution in [1.82, 2.24) is 34.8 Å². The fourth-order valence-corrected chi connectivity index (χ4v) is 3.64. The van der Waals surface area contributed by atoms with Gasteiger partial charge in [-0.05, 0) is 39.2 Å². The summed E-state index contributed by atoms with van der Waals surface area (Å²) in [4.78, 5) is 7.06. The van der Waals surface area contributed by atoms with Gasteiger partial charge in [-0.25, -0.2) is 4.98 Å². The van der Waals surface area contributed by atoms with E-state index >= 15 is 0 Å². The number of hydrogen-bond donors (Lipinski definition) is 1. The molecule has 3 heterocycles. The fraction of sp³-hybridized carbons (Fsp3) is 0.750. The average molecular weight is 331 g/mol. The highest BCUT2D eigenvalue weighted by molar-refractivity contribution is 5.04. The molecule has 24 heavy (non-hydrogen) atoms. The Morgan fingerprint density at radius 1 is 1.21 bits per heavy atom. The third kappa shape index (κ3) is 3.08. The van der Waals surface area contributed by atoms with E-state index in [0.29, 0.717) is 12.6 Å². The summed E-state index contributed by atoms with van der Waals surface area (Å²) in [7, 11) is 1.67. The summed E-state index contributed by atoms with van der Waals surface area (Å²) in [5, 5.41) is 16.1. The number of aryl methyl sites for hydroxylation is 1. The smallest absolute Gasteiger partial charge is 0.167 e. The summed E-state index contributed by atoms with van der Waals surface area (Å²) in [5.41, 5.74) is 0. The number of aromatic nitrogens is 6. The summed E-state index contributed by atoms with van der Waals surface area (Å²) >= 11 is 0. The third-order valence-electron chi connectivity index (χ3n) is 4.94. The van der Waals surface area contributed by atoms with Crippen LogP contribution in [0.2, 0.25) is 0 Å². The number of aromatic amines is 1. The molecule has 2 aromatic heterocycles. The highest BCUT2D eigenvalue weighted by Gasteiger charge is 2.32. The monoisotopic (exact) mass is 331 g/mol. The van der Waals surface area contributed by atoms with Crippen molar-refractivity contribution in [2.24, 2.45) is 0 Å². The van der Waals surface area contributed by atoms with Gasteiger partial charge in [0.1, 0.15) is 18.3 Å². The molecule has 4 rings (SSSR count). The maximum atomic E-state index is 5.13. The molecule has 1 atom stereocenters. The molecule has 130 valence electrons. The van der Waals surface area contributed by atoms with Crippen molar-refractivity contribution in [2.75, 3.05) is 13.7 Å². The minimum Gasteiger partial charge on any atom is -0.377 e. The molecule has 1 N–H and O–H groups in total. The SMILES string of the molecule is COCc1nc([C@@H]2CCCCN2Cc2nnc(C)n2C2CC2)n[nH]1. The zero-order valence-electron chi connectivity index (χ0n) is 14.4. The second kappa shape index (κ2) is 6.60. The molecule has 0 amide bonds. The Labute approximate surface area is 141 Å². The van der Waals surface area contributed by atoms with Crippen LogP contribution >= 0.6 is 0 Å². The topological polar surface area (TPSA) is 84.8 Å². The quantitative estimate of drug-likeness (QED) is 0.870. The Morgan fingerprint density at radius 3 is 2.88 bits per heavy atom. The lowest BCUT2D eigenvalue weighted by atomic mass is 10.0. The summed E-state index contributed by atoms with van der Waals surface area (Å²) in [6.45, 7) is 4.38. The molecule has 1 saturated carbocycles. The first-order valence-corrected chi connectivity index (χ1v) is 8.81. The van der Waals surface area contributed by atoms with Crippen LogP contribution in [0.5, 0.6) is 0 Å². The van der Waals surface area contributed by atoms with Gasteiger partial charge in [-0.2, -0.15) is 5.10 Å². The Morgan fingerprint density at radius 2 is 2.08 bits per heavy atom. The van der Waals surface area contributed by atoms with Crippen LogP contribution in [0.15, 0.2) is 0 Å². The van der Waals surface area contributed by atoms with Crippen LogP contribution < -0.4 is 0 Å². The van der Waals surface area contributed by atoms with Crippen molar-refractivity contribution < 1.29 is 4.74 Å². The first-order valence-electron chi connectivity index (χ1n) is 8.81. The molecule has 0 unspecified atom stereocenters. The van der Waals surface area contributed by atoms with E-state index in [1.807, 2.05) is 0 Å². The molecule has 0 aromatic carbocycles. The van der Waals surface area contributed by atoms with E-state index < -0.39 is 0 Å². The lowest BCUT2D eigenvalue weighted by Gasteiger charge is -2.33. The van der Waals surface area contributed by atoms with Gasteiger partial charge in [-0.1, -0.05) is 6.42 Å². The second-order valence-corrected chi connectivity index (χ2v) is 6.82. The molecule has 1 aliphatic heterocycles. The van der Waals surface area contributed by atoms with Crippen molar-refractivity contribution in [3.63, 3.8) is 0 Å². The van der Waals surface area contributed by atoms with Gasteiger partial charge in [0.05, 0.1) is 12.6 Å². The van der Waals surface area contributed by atoms with Crippen molar-refractivity contribution in [3.8, 4) is 0 Å². The number of rotatable bonds is 6. The van der Waals surface area contributed by atoms with Gasteiger partial charge in [0, 0.05) is 13.2 Å². The standard InChI is InChI=1S/C16H25N7O/c1-11-18-20-15(23(11)12-6-7-12)9-22-8-4-3-5-13(22)16-17-14(10-24-2)19-21-16/h12-13H,3-10H2,1-2H3,(H,17,19,21)/t13-/m0/s1. The molecule has 1 saturated heterocycles. The molecule has 2 aromatic rings. The van der Waals surface area contributed by atoms with Gasteiger partial charge in [0.2, 0.25) is 0 Å². The zero-order valence-corrected chi connectivity index (χ0v) is 14.4. The first-order chi connectivity index (χ1) is 11.8. The van der Waals surface area contributed by atoms with Crippen LogP contribution in [0.25, 0.3) is 0 Å². The van der Waals surface area contributed by atoms with E-state index in [9.17, 15) is 0 Å². The first kappa shape index (κ1) is 15.7. The second-order valence-electron chi connectivity index (χ2n) is 6.82. The molecule has 0 bridgehead atoms. The lowest BCUT2D eigenvalue weighted by Crippen LogP contribution is -2.34. The number of nitrogens with one attached hydrogen (secondary N) is 1. The molecule has 8 nitrogen and oxygen atoms in total. The van der Waals surface area contributed by atoms with Crippen molar-refractivity contribution in [2.45, 2.75) is 64.3 Å². The molecule has 2 fully saturated rings. The fourth-order valence-electron chi connectivity index (χ4n) is 3.64. The minimum atomic E-state index is 0.241. The summed E-state index contributed by atoms with van der Waals surface area (Å²) in [6.07, 6.45) is 6.00. The molecule has 8 heteroatoms. The van der Waals surface area contributed by atoms with Crippen molar-refractivity contribution in [3.05, 3.63) is 23.3 Å². The van der Waals surface area contributed by atoms with Crippen molar-refractivity contribution in [1.29, 1.82) is 0 Å². The van der Waals surface area contributed by atoms with Crippen LogP contribution in [0.1, 0.15) is 67.5 Å². The van der Waals surface area contributed by atoms with E-state index in [4.69, 9.17) is 4.74 Å². The maximum absolute atomic E-state index is 5.13. The average Bonchev–Trinajstić information content (AvgIpc) is 3.20. The summed E-state index contributed by atoms with van der Waals surface area (Å²) in [6, 6.07) is 0.848. The van der Waals surface area contributed by atoms with Crippen LogP contribution in [0, 0.1) is 6.92 Å². The number of H-pyrrole nitrogens is 1. The van der Waals surface area contributed by atoms with Gasteiger partial charge in [0.15, 0.2) is 11.6 Å². The third-order valence-corrected chi connectivity index (χ3v) is 4.94. The predicted octanol–water partition coefficient (Wildman–Crippen LogP) is 1.91. The molecular formula is C16H25N7O. The van der Waals surface area contributed by atoms with E-state index in [0.717, 1.165) is 42.8 Å². The highest BCUT2D eigenvalue weighted by atomic mass is 16.5. The van der Waals surface area contributed by atoms with E-state index in [1.54, 1.807) is 7.11 Å². The minimum absolute atomic E-state index is 0.241. The molecule has 1 aliphatic carbocycles. The number of methoxy groups -OCH3 is 1. The Balaban J connectivity index is 1.53. The Kier molecular flexibility index (Phi) is 4.32. The number of likely N-dealkylation sites (tertiary alicyclic amines) is 1. The van der Waals surface area contributed by atoms with E-state index in [2.05, 4.69) is 41.8 Å². The van der Waals surface area contributed by atoms with Gasteiger partial charge in [-0.15, -0.1) is 10.2 Å². The molecule has 0 spiro atoms. The number of piperidine rings is 1. The molecule has 2 aliphatic rings. The van der Waals surface area contributed by atoms with Gasteiger partial charge >= 0.3 is 0 Å². The maximum Gasteiger partial charge on any atom is 0.167 e. The lowest BCUT2D eigenvalue weighted by molar-refractivity contribution is 0.128. The Hall–Kier alpha value is -1.80. The van der Waals surface area contributed by atoms with Gasteiger partial charge in [0.25, 0.3) is 0 Å². The van der Waals surface area contributed by atoms with Crippen LogP contribution in [0.3, 0.4) is 0 Å². The van der Waals surface area contributed by atoms with Crippen LogP contribution in [-0.4, -0.2) is 48.5 Å². The van der Waals surface area contributed by atoms with Gasteiger partial charge in [-0.3, -0.25) is 10.00 Å². The molecule has 0 radical (unpaired) electrons. The van der Waals surface area contributed by atoms with Crippen LogP contribution in [0.4, 0.5) is 0 Å². The summed E-state index contributed by atoms with van der Waals surface area (Å²) < 4.78 is 7.45. The molecular weight excluding hydrogens is 306 g/mol.